The van der Waals surface area contributed by atoms with Crippen LogP contribution in [-0.2, 0) is 6.61 Å². The van der Waals surface area contributed by atoms with E-state index in [1.807, 2.05) is 0 Å². The molecule has 2 aromatic heterocycles. The zero-order chi connectivity index (χ0) is 13.9. The molecule has 0 aliphatic heterocycles. The standard InChI is InChI=1S/C13H8Cl2N2O3/c14-8-3-1-4-9(12(8)15)19-7-11-16-13(17-20-11)10-5-2-6-18-10/h1-6H,7H2. The van der Waals surface area contributed by atoms with Gasteiger partial charge in [0.2, 0.25) is 5.82 Å². The van der Waals surface area contributed by atoms with Crippen molar-refractivity contribution >= 4 is 23.2 Å². The lowest BCUT2D eigenvalue weighted by molar-refractivity contribution is 0.243. The van der Waals surface area contributed by atoms with Crippen molar-refractivity contribution < 1.29 is 13.7 Å². The Kier molecular flexibility index (Phi) is 3.62. The molecule has 0 atom stereocenters. The van der Waals surface area contributed by atoms with Crippen molar-refractivity contribution in [3.05, 3.63) is 52.5 Å². The van der Waals surface area contributed by atoms with Crippen LogP contribution in [0, 0.1) is 0 Å². The fourth-order valence-corrected chi connectivity index (χ4v) is 1.90. The summed E-state index contributed by atoms with van der Waals surface area (Å²) in [6.45, 7) is 0.0910. The minimum absolute atomic E-state index is 0.0910. The zero-order valence-electron chi connectivity index (χ0n) is 10.0. The molecule has 0 aliphatic carbocycles. The van der Waals surface area contributed by atoms with Crippen molar-refractivity contribution in [2.24, 2.45) is 0 Å². The molecule has 0 spiro atoms. The van der Waals surface area contributed by atoms with E-state index in [0.717, 1.165) is 0 Å². The van der Waals surface area contributed by atoms with Crippen molar-refractivity contribution in [3.8, 4) is 17.3 Å². The number of nitrogens with zero attached hydrogens (tertiary/aromatic N) is 2. The Labute approximate surface area is 124 Å². The van der Waals surface area contributed by atoms with Gasteiger partial charge in [0, 0.05) is 0 Å². The van der Waals surface area contributed by atoms with Crippen molar-refractivity contribution in [2.75, 3.05) is 0 Å². The molecule has 2 heterocycles. The van der Waals surface area contributed by atoms with Gasteiger partial charge >= 0.3 is 0 Å². The van der Waals surface area contributed by atoms with Crippen LogP contribution in [0.3, 0.4) is 0 Å². The second-order valence-corrected chi connectivity index (χ2v) is 4.61. The molecule has 7 heteroatoms. The van der Waals surface area contributed by atoms with Gasteiger partial charge in [0.05, 0.1) is 11.3 Å². The van der Waals surface area contributed by atoms with Crippen LogP contribution in [0.25, 0.3) is 11.6 Å². The predicted octanol–water partition coefficient (Wildman–Crippen LogP) is 4.22. The average molecular weight is 311 g/mol. The van der Waals surface area contributed by atoms with E-state index >= 15 is 0 Å². The Bertz CT molecular complexity index is 710. The predicted molar refractivity (Wildman–Crippen MR) is 72.8 cm³/mol. The van der Waals surface area contributed by atoms with E-state index in [-0.39, 0.29) is 6.61 Å². The fourth-order valence-electron chi connectivity index (χ4n) is 1.55. The molecule has 20 heavy (non-hydrogen) atoms. The smallest absolute Gasteiger partial charge is 0.264 e. The summed E-state index contributed by atoms with van der Waals surface area (Å²) in [7, 11) is 0. The summed E-state index contributed by atoms with van der Waals surface area (Å²) in [6, 6.07) is 8.61. The Balaban J connectivity index is 1.71. The highest BCUT2D eigenvalue weighted by Crippen LogP contribution is 2.31. The topological polar surface area (TPSA) is 61.3 Å². The molecular formula is C13H8Cl2N2O3. The first kappa shape index (κ1) is 13.0. The van der Waals surface area contributed by atoms with E-state index in [0.29, 0.717) is 33.3 Å². The van der Waals surface area contributed by atoms with Crippen molar-refractivity contribution in [1.29, 1.82) is 0 Å². The van der Waals surface area contributed by atoms with E-state index in [2.05, 4.69) is 10.1 Å². The van der Waals surface area contributed by atoms with Gasteiger partial charge in [-0.1, -0.05) is 34.4 Å². The summed E-state index contributed by atoms with van der Waals surface area (Å²) >= 11 is 11.9. The van der Waals surface area contributed by atoms with Crippen LogP contribution in [0.5, 0.6) is 5.75 Å². The monoisotopic (exact) mass is 310 g/mol. The third kappa shape index (κ3) is 2.64. The number of hydrogen-bond acceptors (Lipinski definition) is 5. The van der Waals surface area contributed by atoms with Crippen LogP contribution >= 0.6 is 23.2 Å². The highest BCUT2D eigenvalue weighted by atomic mass is 35.5. The quantitative estimate of drug-likeness (QED) is 0.722. The molecular weight excluding hydrogens is 303 g/mol. The second kappa shape index (κ2) is 5.56. The van der Waals surface area contributed by atoms with Crippen molar-refractivity contribution in [2.45, 2.75) is 6.61 Å². The second-order valence-electron chi connectivity index (χ2n) is 3.83. The van der Waals surface area contributed by atoms with E-state index in [1.54, 1.807) is 30.3 Å². The Morgan fingerprint density at radius 3 is 2.85 bits per heavy atom. The fraction of sp³-hybridized carbons (Fsp3) is 0.0769. The third-order valence-electron chi connectivity index (χ3n) is 2.48. The molecule has 0 bridgehead atoms. The molecule has 0 aliphatic rings. The molecule has 0 saturated carbocycles. The molecule has 3 aromatic rings. The maximum Gasteiger partial charge on any atom is 0.264 e. The lowest BCUT2D eigenvalue weighted by atomic mass is 10.3. The van der Waals surface area contributed by atoms with Gasteiger partial charge < -0.3 is 13.7 Å². The van der Waals surface area contributed by atoms with Gasteiger partial charge in [-0.15, -0.1) is 0 Å². The number of hydrogen-bond donors (Lipinski definition) is 0. The molecule has 102 valence electrons. The van der Waals surface area contributed by atoms with Crippen molar-refractivity contribution in [1.82, 2.24) is 10.1 Å². The number of rotatable bonds is 4. The molecule has 5 nitrogen and oxygen atoms in total. The van der Waals surface area contributed by atoms with E-state index in [9.17, 15) is 0 Å². The Morgan fingerprint density at radius 1 is 1.15 bits per heavy atom. The van der Waals surface area contributed by atoms with Gasteiger partial charge in [-0.3, -0.25) is 0 Å². The maximum absolute atomic E-state index is 6.01. The third-order valence-corrected chi connectivity index (χ3v) is 3.28. The van der Waals surface area contributed by atoms with Gasteiger partial charge in [-0.05, 0) is 24.3 Å². The van der Waals surface area contributed by atoms with E-state index in [4.69, 9.17) is 36.9 Å². The largest absolute Gasteiger partial charge is 0.482 e. The molecule has 0 radical (unpaired) electrons. The number of ether oxygens (including phenoxy) is 1. The number of furan rings is 1. The van der Waals surface area contributed by atoms with Gasteiger partial charge in [0.25, 0.3) is 5.89 Å². The van der Waals surface area contributed by atoms with Crippen LogP contribution in [0.4, 0.5) is 0 Å². The summed E-state index contributed by atoms with van der Waals surface area (Å²) in [4.78, 5) is 4.15. The summed E-state index contributed by atoms with van der Waals surface area (Å²) in [5.41, 5.74) is 0. The average Bonchev–Trinajstić information content (AvgIpc) is 3.10. The van der Waals surface area contributed by atoms with E-state index < -0.39 is 0 Å². The SMILES string of the molecule is Clc1cccc(OCc2nc(-c3ccco3)no2)c1Cl. The molecule has 0 saturated heterocycles. The lowest BCUT2D eigenvalue weighted by Gasteiger charge is -2.05. The lowest BCUT2D eigenvalue weighted by Crippen LogP contribution is -1.96. The van der Waals surface area contributed by atoms with Crippen LogP contribution in [0.1, 0.15) is 5.89 Å². The summed E-state index contributed by atoms with van der Waals surface area (Å²) in [5.74, 6) is 1.66. The van der Waals surface area contributed by atoms with Gasteiger partial charge in [-0.25, -0.2) is 0 Å². The number of halogens is 2. The van der Waals surface area contributed by atoms with Gasteiger partial charge in [0.1, 0.15) is 10.8 Å². The highest BCUT2D eigenvalue weighted by molar-refractivity contribution is 6.42. The van der Waals surface area contributed by atoms with Crippen LogP contribution < -0.4 is 4.74 Å². The molecule has 0 unspecified atom stereocenters. The normalized spacial score (nSPS) is 10.7. The summed E-state index contributed by atoms with van der Waals surface area (Å²) in [6.07, 6.45) is 1.54. The number of benzene rings is 1. The summed E-state index contributed by atoms with van der Waals surface area (Å²) < 4.78 is 15.7. The van der Waals surface area contributed by atoms with Crippen LogP contribution in [0.2, 0.25) is 10.0 Å². The molecule has 0 amide bonds. The minimum Gasteiger partial charge on any atom is -0.482 e. The summed E-state index contributed by atoms with van der Waals surface area (Å²) in [5, 5.41) is 4.56. The molecule has 3 rings (SSSR count). The Hall–Kier alpha value is -1.98. The van der Waals surface area contributed by atoms with Gasteiger partial charge in [-0.2, -0.15) is 4.98 Å². The number of aromatic nitrogens is 2. The zero-order valence-corrected chi connectivity index (χ0v) is 11.6. The highest BCUT2D eigenvalue weighted by Gasteiger charge is 2.12. The van der Waals surface area contributed by atoms with Gasteiger partial charge in [0.15, 0.2) is 12.4 Å². The Morgan fingerprint density at radius 2 is 2.05 bits per heavy atom. The molecule has 0 N–H and O–H groups in total. The van der Waals surface area contributed by atoms with E-state index in [1.165, 1.54) is 6.26 Å². The minimum atomic E-state index is 0.0910. The first-order chi connectivity index (χ1) is 9.74. The maximum atomic E-state index is 6.01. The first-order valence-corrected chi connectivity index (χ1v) is 6.43. The first-order valence-electron chi connectivity index (χ1n) is 5.67. The molecule has 1 aromatic carbocycles. The van der Waals surface area contributed by atoms with Crippen LogP contribution in [-0.4, -0.2) is 10.1 Å². The molecule has 0 fully saturated rings. The van der Waals surface area contributed by atoms with Crippen molar-refractivity contribution in [3.63, 3.8) is 0 Å². The van der Waals surface area contributed by atoms with Crippen LogP contribution in [0.15, 0.2) is 45.5 Å².